The maximum atomic E-state index is 11.2. The molecular formula is C14H13N3O2S2. The summed E-state index contributed by atoms with van der Waals surface area (Å²) >= 11 is 2.87. The molecule has 3 aromatic rings. The molecule has 0 aliphatic rings. The molecule has 0 saturated carbocycles. The SMILES string of the molecule is Cc1c(C(=O)O)sc2ncnc(NCCc3ccsc3)c12. The molecule has 0 saturated heterocycles. The van der Waals surface area contributed by atoms with Crippen LogP contribution in [0.5, 0.6) is 0 Å². The smallest absolute Gasteiger partial charge is 0.346 e. The van der Waals surface area contributed by atoms with E-state index in [0.717, 1.165) is 23.9 Å². The number of nitrogens with zero attached hydrogens (tertiary/aromatic N) is 2. The molecule has 0 atom stereocenters. The van der Waals surface area contributed by atoms with Crippen LogP contribution < -0.4 is 5.32 Å². The number of hydrogen-bond donors (Lipinski definition) is 2. The number of thiophene rings is 2. The lowest BCUT2D eigenvalue weighted by molar-refractivity contribution is 0.0701. The van der Waals surface area contributed by atoms with Crippen LogP contribution in [-0.4, -0.2) is 27.6 Å². The van der Waals surface area contributed by atoms with Crippen LogP contribution in [-0.2, 0) is 6.42 Å². The van der Waals surface area contributed by atoms with Crippen molar-refractivity contribution >= 4 is 44.7 Å². The first kappa shape index (κ1) is 14.0. The minimum absolute atomic E-state index is 0.325. The summed E-state index contributed by atoms with van der Waals surface area (Å²) in [5.41, 5.74) is 2.01. The Hall–Kier alpha value is -1.99. The van der Waals surface area contributed by atoms with Gasteiger partial charge in [-0.2, -0.15) is 11.3 Å². The number of rotatable bonds is 5. The highest BCUT2D eigenvalue weighted by atomic mass is 32.1. The van der Waals surface area contributed by atoms with E-state index in [2.05, 4.69) is 32.1 Å². The van der Waals surface area contributed by atoms with Crippen molar-refractivity contribution in [3.63, 3.8) is 0 Å². The Morgan fingerprint density at radius 3 is 3.00 bits per heavy atom. The quantitative estimate of drug-likeness (QED) is 0.754. The summed E-state index contributed by atoms with van der Waals surface area (Å²) in [6, 6.07) is 2.10. The third kappa shape index (κ3) is 2.74. The maximum absolute atomic E-state index is 11.2. The number of anilines is 1. The molecule has 3 heterocycles. The molecule has 7 heteroatoms. The van der Waals surface area contributed by atoms with E-state index in [-0.39, 0.29) is 0 Å². The molecular weight excluding hydrogens is 306 g/mol. The maximum Gasteiger partial charge on any atom is 0.346 e. The lowest BCUT2D eigenvalue weighted by Crippen LogP contribution is -2.06. The van der Waals surface area contributed by atoms with Gasteiger partial charge in [-0.1, -0.05) is 0 Å². The van der Waals surface area contributed by atoms with Crippen LogP contribution in [0, 0.1) is 6.92 Å². The van der Waals surface area contributed by atoms with E-state index in [0.29, 0.717) is 15.5 Å². The largest absolute Gasteiger partial charge is 0.477 e. The Morgan fingerprint density at radius 2 is 2.29 bits per heavy atom. The van der Waals surface area contributed by atoms with Crippen LogP contribution in [0.25, 0.3) is 10.2 Å². The van der Waals surface area contributed by atoms with Gasteiger partial charge in [-0.15, -0.1) is 11.3 Å². The Bertz CT molecular complexity index is 781. The van der Waals surface area contributed by atoms with E-state index in [9.17, 15) is 9.90 Å². The lowest BCUT2D eigenvalue weighted by atomic mass is 10.2. The fraction of sp³-hybridized carbons (Fsp3) is 0.214. The zero-order valence-electron chi connectivity index (χ0n) is 11.3. The van der Waals surface area contributed by atoms with Crippen molar-refractivity contribution in [2.24, 2.45) is 0 Å². The molecule has 5 nitrogen and oxygen atoms in total. The summed E-state index contributed by atoms with van der Waals surface area (Å²) in [7, 11) is 0. The number of hydrogen-bond acceptors (Lipinski definition) is 6. The first-order valence-electron chi connectivity index (χ1n) is 6.39. The molecule has 0 amide bonds. The minimum Gasteiger partial charge on any atom is -0.477 e. The Balaban J connectivity index is 1.86. The fourth-order valence-electron chi connectivity index (χ4n) is 2.17. The number of fused-ring (bicyclic) bond motifs is 1. The van der Waals surface area contributed by atoms with Crippen LogP contribution >= 0.6 is 22.7 Å². The number of carbonyl (C=O) groups is 1. The molecule has 0 fully saturated rings. The highest BCUT2D eigenvalue weighted by Gasteiger charge is 2.18. The first-order valence-corrected chi connectivity index (χ1v) is 8.15. The summed E-state index contributed by atoms with van der Waals surface area (Å²) in [6.45, 7) is 2.55. The van der Waals surface area contributed by atoms with E-state index in [4.69, 9.17) is 0 Å². The third-order valence-electron chi connectivity index (χ3n) is 3.21. The number of carboxylic acids is 1. The van der Waals surface area contributed by atoms with E-state index >= 15 is 0 Å². The first-order chi connectivity index (χ1) is 10.2. The van der Waals surface area contributed by atoms with Crippen molar-refractivity contribution in [1.82, 2.24) is 9.97 Å². The molecule has 0 aliphatic heterocycles. The van der Waals surface area contributed by atoms with Crippen molar-refractivity contribution in [3.05, 3.63) is 39.2 Å². The van der Waals surface area contributed by atoms with Gasteiger partial charge in [0.05, 0.1) is 5.39 Å². The van der Waals surface area contributed by atoms with E-state index in [1.165, 1.54) is 23.2 Å². The molecule has 0 unspecified atom stereocenters. The van der Waals surface area contributed by atoms with Gasteiger partial charge < -0.3 is 10.4 Å². The van der Waals surface area contributed by atoms with Gasteiger partial charge in [0, 0.05) is 6.54 Å². The fourth-order valence-corrected chi connectivity index (χ4v) is 3.86. The molecule has 2 N–H and O–H groups in total. The number of aromatic carboxylic acids is 1. The van der Waals surface area contributed by atoms with Gasteiger partial charge >= 0.3 is 5.97 Å². The highest BCUT2D eigenvalue weighted by Crippen LogP contribution is 2.33. The molecule has 108 valence electrons. The number of aromatic nitrogens is 2. The van der Waals surface area contributed by atoms with Crippen molar-refractivity contribution in [3.8, 4) is 0 Å². The van der Waals surface area contributed by atoms with Crippen molar-refractivity contribution in [2.75, 3.05) is 11.9 Å². The Kier molecular flexibility index (Phi) is 3.85. The van der Waals surface area contributed by atoms with Crippen molar-refractivity contribution in [2.45, 2.75) is 13.3 Å². The van der Waals surface area contributed by atoms with Crippen molar-refractivity contribution < 1.29 is 9.90 Å². The van der Waals surface area contributed by atoms with Crippen LogP contribution in [0.3, 0.4) is 0 Å². The van der Waals surface area contributed by atoms with Gasteiger partial charge in [0.15, 0.2) is 0 Å². The molecule has 0 spiro atoms. The third-order valence-corrected chi connectivity index (χ3v) is 5.13. The van der Waals surface area contributed by atoms with Crippen LogP contribution in [0.15, 0.2) is 23.2 Å². The second-order valence-corrected chi connectivity index (χ2v) is 6.35. The zero-order chi connectivity index (χ0) is 14.8. The summed E-state index contributed by atoms with van der Waals surface area (Å²) < 4.78 is 0. The molecule has 21 heavy (non-hydrogen) atoms. The Morgan fingerprint density at radius 1 is 1.43 bits per heavy atom. The van der Waals surface area contributed by atoms with Gasteiger partial charge in [-0.25, -0.2) is 14.8 Å². The monoisotopic (exact) mass is 319 g/mol. The summed E-state index contributed by atoms with van der Waals surface area (Å²) in [5, 5.41) is 17.5. The minimum atomic E-state index is -0.917. The molecule has 0 bridgehead atoms. The second kappa shape index (κ2) is 5.79. The van der Waals surface area contributed by atoms with Crippen LogP contribution in [0.1, 0.15) is 20.8 Å². The zero-order valence-corrected chi connectivity index (χ0v) is 12.9. The van der Waals surface area contributed by atoms with Gasteiger partial charge in [-0.3, -0.25) is 0 Å². The number of aryl methyl sites for hydroxylation is 1. The number of nitrogens with one attached hydrogen (secondary N) is 1. The topological polar surface area (TPSA) is 75.1 Å². The van der Waals surface area contributed by atoms with E-state index in [1.54, 1.807) is 18.3 Å². The summed E-state index contributed by atoms with van der Waals surface area (Å²) in [4.78, 5) is 20.7. The van der Waals surface area contributed by atoms with E-state index in [1.807, 2.05) is 0 Å². The Labute approximate surface area is 129 Å². The van der Waals surface area contributed by atoms with Crippen LogP contribution in [0.2, 0.25) is 0 Å². The molecule has 0 aromatic carbocycles. The predicted octanol–water partition coefficient (Wildman–Crippen LogP) is 3.41. The number of carboxylic acid groups (broad SMARTS) is 1. The second-order valence-electron chi connectivity index (χ2n) is 4.57. The molecule has 0 aliphatic carbocycles. The predicted molar refractivity (Wildman–Crippen MR) is 85.6 cm³/mol. The van der Waals surface area contributed by atoms with Gasteiger partial charge in [0.1, 0.15) is 21.9 Å². The summed E-state index contributed by atoms with van der Waals surface area (Å²) in [6.07, 6.45) is 2.38. The average molecular weight is 319 g/mol. The van der Waals surface area contributed by atoms with Gasteiger partial charge in [0.25, 0.3) is 0 Å². The molecule has 3 aromatic heterocycles. The summed E-state index contributed by atoms with van der Waals surface area (Å²) in [5.74, 6) is -0.212. The average Bonchev–Trinajstić information content (AvgIpc) is 3.07. The highest BCUT2D eigenvalue weighted by molar-refractivity contribution is 7.20. The normalized spacial score (nSPS) is 10.9. The molecule has 3 rings (SSSR count). The molecule has 0 radical (unpaired) electrons. The van der Waals surface area contributed by atoms with E-state index < -0.39 is 5.97 Å². The van der Waals surface area contributed by atoms with Crippen LogP contribution in [0.4, 0.5) is 5.82 Å². The van der Waals surface area contributed by atoms with Crippen molar-refractivity contribution in [1.29, 1.82) is 0 Å². The lowest BCUT2D eigenvalue weighted by Gasteiger charge is -2.06. The van der Waals surface area contributed by atoms with Gasteiger partial charge in [0.2, 0.25) is 0 Å². The standard InChI is InChI=1S/C14H13N3O2S2/c1-8-10-12(15-4-2-9-3-5-20-6-9)16-7-17-13(10)21-11(8)14(18)19/h3,5-7H,2,4H2,1H3,(H,18,19)(H,15,16,17). The van der Waals surface area contributed by atoms with Gasteiger partial charge in [-0.05, 0) is 41.3 Å².